The van der Waals surface area contributed by atoms with Crippen LogP contribution in [0.5, 0.6) is 0 Å². The molecule has 0 spiro atoms. The lowest BCUT2D eigenvalue weighted by molar-refractivity contribution is 0.305. The fraction of sp³-hybridized carbons (Fsp3) is 0.308. The van der Waals surface area contributed by atoms with Crippen molar-refractivity contribution < 1.29 is 5.11 Å². The molecule has 5 heteroatoms. The molecule has 0 bridgehead atoms. The average molecular weight is 278 g/mol. The fourth-order valence-electron chi connectivity index (χ4n) is 1.40. The molecular formula is C13H14N2OS2. The molecule has 0 aliphatic carbocycles. The number of nitrogens with zero attached hydrogens (tertiary/aromatic N) is 2. The highest BCUT2D eigenvalue weighted by Crippen LogP contribution is 2.26. The summed E-state index contributed by atoms with van der Waals surface area (Å²) in [6, 6.07) is 2.03. The van der Waals surface area contributed by atoms with E-state index in [0.717, 1.165) is 16.5 Å². The summed E-state index contributed by atoms with van der Waals surface area (Å²) in [7, 11) is 1.99. The van der Waals surface area contributed by atoms with Crippen LogP contribution in [0.1, 0.15) is 16.9 Å². The normalized spacial score (nSPS) is 10.1. The molecule has 0 aliphatic rings. The van der Waals surface area contributed by atoms with Crippen LogP contribution in [-0.4, -0.2) is 21.3 Å². The van der Waals surface area contributed by atoms with Crippen LogP contribution in [0, 0.1) is 11.8 Å². The van der Waals surface area contributed by atoms with E-state index in [0.29, 0.717) is 6.42 Å². The molecule has 0 amide bonds. The second-order valence-corrected chi connectivity index (χ2v) is 5.59. The minimum Gasteiger partial charge on any atom is -0.395 e. The molecule has 0 aromatic carbocycles. The summed E-state index contributed by atoms with van der Waals surface area (Å²) in [6.45, 7) is 0.120. The molecule has 3 nitrogen and oxygen atoms in total. The van der Waals surface area contributed by atoms with E-state index in [4.69, 9.17) is 5.11 Å². The third-order valence-electron chi connectivity index (χ3n) is 2.31. The van der Waals surface area contributed by atoms with Crippen molar-refractivity contribution >= 4 is 23.1 Å². The summed E-state index contributed by atoms with van der Waals surface area (Å²) in [5.74, 6) is 6.94. The van der Waals surface area contributed by atoms with Gasteiger partial charge in [-0.1, -0.05) is 23.6 Å². The maximum Gasteiger partial charge on any atom is 0.168 e. The van der Waals surface area contributed by atoms with Gasteiger partial charge in [0.05, 0.1) is 6.61 Å². The molecule has 0 unspecified atom stereocenters. The molecule has 18 heavy (non-hydrogen) atoms. The predicted molar refractivity (Wildman–Crippen MR) is 75.7 cm³/mol. The van der Waals surface area contributed by atoms with Gasteiger partial charge in [0.1, 0.15) is 0 Å². The largest absolute Gasteiger partial charge is 0.395 e. The zero-order valence-corrected chi connectivity index (χ0v) is 11.7. The Balaban J connectivity index is 2.00. The molecule has 2 aromatic heterocycles. The van der Waals surface area contributed by atoms with Gasteiger partial charge in [-0.15, -0.1) is 11.3 Å². The Morgan fingerprint density at radius 3 is 3.17 bits per heavy atom. The number of aliphatic hydroxyl groups excluding tert-OH is 1. The molecule has 0 atom stereocenters. The summed E-state index contributed by atoms with van der Waals surface area (Å²) in [6.07, 6.45) is 4.28. The highest BCUT2D eigenvalue weighted by molar-refractivity contribution is 7.98. The Morgan fingerprint density at radius 1 is 1.56 bits per heavy atom. The van der Waals surface area contributed by atoms with Gasteiger partial charge >= 0.3 is 0 Å². The van der Waals surface area contributed by atoms with Gasteiger partial charge in [-0.3, -0.25) is 0 Å². The number of thiophene rings is 1. The lowest BCUT2D eigenvalue weighted by atomic mass is 10.2. The Hall–Kier alpha value is -1.22. The molecule has 0 aliphatic heterocycles. The zero-order valence-electron chi connectivity index (χ0n) is 10.1. The van der Waals surface area contributed by atoms with Crippen LogP contribution < -0.4 is 0 Å². The van der Waals surface area contributed by atoms with E-state index in [1.54, 1.807) is 29.3 Å². The van der Waals surface area contributed by atoms with Gasteiger partial charge in [0.25, 0.3) is 0 Å². The van der Waals surface area contributed by atoms with Crippen molar-refractivity contribution in [3.05, 3.63) is 34.3 Å². The maximum atomic E-state index is 8.71. The quantitative estimate of drug-likeness (QED) is 0.690. The first-order valence-corrected chi connectivity index (χ1v) is 7.44. The van der Waals surface area contributed by atoms with Crippen molar-refractivity contribution in [2.24, 2.45) is 7.05 Å². The van der Waals surface area contributed by atoms with E-state index in [1.165, 1.54) is 4.88 Å². The summed E-state index contributed by atoms with van der Waals surface area (Å²) >= 11 is 3.42. The smallest absolute Gasteiger partial charge is 0.168 e. The highest BCUT2D eigenvalue weighted by Gasteiger charge is 2.05. The van der Waals surface area contributed by atoms with Crippen LogP contribution in [0.15, 0.2) is 29.0 Å². The first-order chi connectivity index (χ1) is 8.81. The van der Waals surface area contributed by atoms with Crippen LogP contribution in [-0.2, 0) is 12.8 Å². The second kappa shape index (κ2) is 6.64. The van der Waals surface area contributed by atoms with Crippen molar-refractivity contribution in [2.45, 2.75) is 17.3 Å². The molecular weight excluding hydrogens is 264 g/mol. The van der Waals surface area contributed by atoms with Crippen LogP contribution in [0.4, 0.5) is 0 Å². The molecule has 0 saturated heterocycles. The maximum absolute atomic E-state index is 8.71. The molecule has 0 radical (unpaired) electrons. The average Bonchev–Trinajstić information content (AvgIpc) is 2.96. The Bertz CT molecular complexity index is 563. The number of thioether (sulfide) groups is 1. The second-order valence-electron chi connectivity index (χ2n) is 3.64. The topological polar surface area (TPSA) is 38.0 Å². The predicted octanol–water partition coefficient (Wildman–Crippen LogP) is 2.51. The van der Waals surface area contributed by atoms with E-state index in [9.17, 15) is 0 Å². The Labute approximate surface area is 115 Å². The van der Waals surface area contributed by atoms with Gasteiger partial charge in [0.15, 0.2) is 5.16 Å². The van der Waals surface area contributed by atoms with Crippen molar-refractivity contribution in [3.63, 3.8) is 0 Å². The Morgan fingerprint density at radius 2 is 2.44 bits per heavy atom. The number of hydrogen-bond acceptors (Lipinski definition) is 4. The number of rotatable bonds is 4. The number of imidazole rings is 1. The highest BCUT2D eigenvalue weighted by atomic mass is 32.2. The van der Waals surface area contributed by atoms with Crippen molar-refractivity contribution in [3.8, 4) is 11.8 Å². The Kier molecular flexibility index (Phi) is 4.88. The summed E-state index contributed by atoms with van der Waals surface area (Å²) in [4.78, 5) is 5.54. The van der Waals surface area contributed by atoms with E-state index >= 15 is 0 Å². The minimum absolute atomic E-state index is 0.120. The van der Waals surface area contributed by atoms with E-state index in [2.05, 4.69) is 22.2 Å². The molecule has 0 saturated carbocycles. The third-order valence-corrected chi connectivity index (χ3v) is 4.50. The van der Waals surface area contributed by atoms with E-state index in [-0.39, 0.29) is 6.61 Å². The summed E-state index contributed by atoms with van der Waals surface area (Å²) < 4.78 is 2.01. The number of aromatic nitrogens is 2. The van der Waals surface area contributed by atoms with Crippen molar-refractivity contribution in [1.82, 2.24) is 9.55 Å². The van der Waals surface area contributed by atoms with Crippen LogP contribution in [0.3, 0.4) is 0 Å². The van der Waals surface area contributed by atoms with Gasteiger partial charge in [0.2, 0.25) is 0 Å². The van der Waals surface area contributed by atoms with Crippen molar-refractivity contribution in [1.29, 1.82) is 0 Å². The number of hydrogen-bond donors (Lipinski definition) is 1. The molecule has 94 valence electrons. The minimum atomic E-state index is 0.120. The van der Waals surface area contributed by atoms with E-state index in [1.807, 2.05) is 23.9 Å². The lowest BCUT2D eigenvalue weighted by Crippen LogP contribution is -1.89. The van der Waals surface area contributed by atoms with Gasteiger partial charge in [-0.25, -0.2) is 4.98 Å². The number of aryl methyl sites for hydroxylation is 1. The monoisotopic (exact) mass is 278 g/mol. The zero-order chi connectivity index (χ0) is 12.8. The standard InChI is InChI=1S/C13H14N2OS2/c1-15-7-6-14-13(15)18-10-12-11(5-9-17-12)4-2-3-8-16/h5-7,9,16H,3,8,10H2,1H3. The first kappa shape index (κ1) is 13.2. The molecule has 2 rings (SSSR count). The van der Waals surface area contributed by atoms with Gasteiger partial charge in [-0.2, -0.15) is 0 Å². The van der Waals surface area contributed by atoms with Crippen LogP contribution in [0.25, 0.3) is 0 Å². The molecule has 1 N–H and O–H groups in total. The van der Waals surface area contributed by atoms with Gasteiger partial charge in [0, 0.05) is 42.1 Å². The summed E-state index contributed by atoms with van der Waals surface area (Å²) in [5.41, 5.74) is 1.06. The third kappa shape index (κ3) is 3.39. The number of aliphatic hydroxyl groups is 1. The van der Waals surface area contributed by atoms with Crippen LogP contribution >= 0.6 is 23.1 Å². The SMILES string of the molecule is Cn1ccnc1SCc1sccc1C#CCCO. The van der Waals surface area contributed by atoms with Crippen LogP contribution in [0.2, 0.25) is 0 Å². The molecule has 2 heterocycles. The van der Waals surface area contributed by atoms with E-state index < -0.39 is 0 Å². The molecule has 0 fully saturated rings. The van der Waals surface area contributed by atoms with Gasteiger partial charge in [-0.05, 0) is 11.4 Å². The first-order valence-electron chi connectivity index (χ1n) is 5.57. The lowest BCUT2D eigenvalue weighted by Gasteiger charge is -2.00. The van der Waals surface area contributed by atoms with Crippen molar-refractivity contribution in [2.75, 3.05) is 6.61 Å². The fourth-order valence-corrected chi connectivity index (χ4v) is 3.28. The van der Waals surface area contributed by atoms with Gasteiger partial charge < -0.3 is 9.67 Å². The summed E-state index contributed by atoms with van der Waals surface area (Å²) in [5, 5.41) is 11.8. The molecule has 2 aromatic rings.